The summed E-state index contributed by atoms with van der Waals surface area (Å²) in [4.78, 5) is 32.2. The first kappa shape index (κ1) is 18.7. The standard InChI is InChI=1S/C22H22ClN3O2/c1-2-24-11-13-25(14-12-24)15-18-16-7-3-4-8-17(16)21(27)26(22(18)28)20-10-6-5-9-19(20)23/h3-10,15H,2,11-14H2,1H3. The Labute approximate surface area is 169 Å². The van der Waals surface area contributed by atoms with Crippen LogP contribution in [0.1, 0.15) is 22.8 Å². The van der Waals surface area contributed by atoms with Gasteiger partial charge in [0.25, 0.3) is 11.8 Å². The second-order valence-electron chi connectivity index (χ2n) is 6.96. The number of rotatable bonds is 3. The summed E-state index contributed by atoms with van der Waals surface area (Å²) in [6, 6.07) is 14.2. The van der Waals surface area contributed by atoms with E-state index in [0.717, 1.165) is 32.7 Å². The van der Waals surface area contributed by atoms with Crippen molar-refractivity contribution in [1.82, 2.24) is 9.80 Å². The molecule has 0 N–H and O–H groups in total. The van der Waals surface area contributed by atoms with Gasteiger partial charge in [-0.2, -0.15) is 0 Å². The number of imide groups is 1. The highest BCUT2D eigenvalue weighted by Gasteiger charge is 2.37. The van der Waals surface area contributed by atoms with Crippen molar-refractivity contribution in [3.05, 3.63) is 70.9 Å². The minimum Gasteiger partial charge on any atom is -0.374 e. The number of para-hydroxylation sites is 1. The lowest BCUT2D eigenvalue weighted by atomic mass is 9.93. The number of carbonyl (C=O) groups is 2. The minimum atomic E-state index is -0.346. The fourth-order valence-electron chi connectivity index (χ4n) is 3.72. The summed E-state index contributed by atoms with van der Waals surface area (Å²) in [5.74, 6) is -0.684. The monoisotopic (exact) mass is 395 g/mol. The van der Waals surface area contributed by atoms with Crippen LogP contribution in [-0.2, 0) is 4.79 Å². The molecule has 28 heavy (non-hydrogen) atoms. The zero-order chi connectivity index (χ0) is 19.7. The van der Waals surface area contributed by atoms with Crippen LogP contribution in [0, 0.1) is 0 Å². The molecule has 144 valence electrons. The van der Waals surface area contributed by atoms with E-state index in [1.807, 2.05) is 24.4 Å². The zero-order valence-corrected chi connectivity index (χ0v) is 16.5. The predicted octanol–water partition coefficient (Wildman–Crippen LogP) is 3.51. The molecule has 0 radical (unpaired) electrons. The number of hydrogen-bond donors (Lipinski definition) is 0. The van der Waals surface area contributed by atoms with Crippen LogP contribution in [0.5, 0.6) is 0 Å². The Morgan fingerprint density at radius 1 is 0.893 bits per heavy atom. The molecule has 1 fully saturated rings. The molecule has 0 bridgehead atoms. The Kier molecular flexibility index (Phi) is 5.20. The number of anilines is 1. The van der Waals surface area contributed by atoms with Gasteiger partial charge in [-0.25, -0.2) is 4.90 Å². The summed E-state index contributed by atoms with van der Waals surface area (Å²) in [5.41, 5.74) is 2.13. The van der Waals surface area contributed by atoms with Crippen LogP contribution in [0.3, 0.4) is 0 Å². The molecule has 0 aromatic heterocycles. The van der Waals surface area contributed by atoms with Gasteiger partial charge in [-0.05, 0) is 24.7 Å². The smallest absolute Gasteiger partial charge is 0.267 e. The van der Waals surface area contributed by atoms with E-state index in [0.29, 0.717) is 27.4 Å². The molecule has 0 unspecified atom stereocenters. The van der Waals surface area contributed by atoms with Gasteiger partial charge < -0.3 is 9.80 Å². The maximum Gasteiger partial charge on any atom is 0.267 e. The summed E-state index contributed by atoms with van der Waals surface area (Å²) in [7, 11) is 0. The third-order valence-corrected chi connectivity index (χ3v) is 5.66. The summed E-state index contributed by atoms with van der Waals surface area (Å²) in [5, 5.41) is 0.375. The number of nitrogens with zero attached hydrogens (tertiary/aromatic N) is 3. The minimum absolute atomic E-state index is 0.338. The van der Waals surface area contributed by atoms with Crippen LogP contribution in [0.4, 0.5) is 5.69 Å². The van der Waals surface area contributed by atoms with Gasteiger partial charge in [0.1, 0.15) is 0 Å². The first-order chi connectivity index (χ1) is 13.6. The van der Waals surface area contributed by atoms with Gasteiger partial charge in [-0.1, -0.05) is 48.9 Å². The van der Waals surface area contributed by atoms with E-state index in [4.69, 9.17) is 11.6 Å². The molecule has 2 aromatic carbocycles. The largest absolute Gasteiger partial charge is 0.374 e. The fraction of sp³-hybridized carbons (Fsp3) is 0.273. The van der Waals surface area contributed by atoms with E-state index in [2.05, 4.69) is 16.7 Å². The molecule has 0 atom stereocenters. The lowest BCUT2D eigenvalue weighted by Crippen LogP contribution is -2.45. The molecule has 2 aromatic rings. The molecule has 0 aliphatic carbocycles. The highest BCUT2D eigenvalue weighted by Crippen LogP contribution is 2.35. The lowest BCUT2D eigenvalue weighted by Gasteiger charge is -2.35. The van der Waals surface area contributed by atoms with Crippen LogP contribution in [-0.4, -0.2) is 54.3 Å². The summed E-state index contributed by atoms with van der Waals surface area (Å²) >= 11 is 6.31. The van der Waals surface area contributed by atoms with Crippen molar-refractivity contribution in [2.24, 2.45) is 0 Å². The third kappa shape index (κ3) is 3.32. The van der Waals surface area contributed by atoms with Gasteiger partial charge in [0.15, 0.2) is 0 Å². The quantitative estimate of drug-likeness (QED) is 0.589. The van der Waals surface area contributed by atoms with E-state index >= 15 is 0 Å². The normalized spacial score (nSPS) is 19.3. The van der Waals surface area contributed by atoms with Crippen molar-refractivity contribution < 1.29 is 9.59 Å². The van der Waals surface area contributed by atoms with E-state index in [-0.39, 0.29) is 11.8 Å². The molecule has 0 saturated carbocycles. The maximum atomic E-state index is 13.4. The van der Waals surface area contributed by atoms with Gasteiger partial charge in [0.05, 0.1) is 16.3 Å². The number of halogens is 1. The van der Waals surface area contributed by atoms with E-state index < -0.39 is 0 Å². The Morgan fingerprint density at radius 2 is 1.54 bits per heavy atom. The molecule has 1 saturated heterocycles. The third-order valence-electron chi connectivity index (χ3n) is 5.34. The maximum absolute atomic E-state index is 13.4. The van der Waals surface area contributed by atoms with Crippen LogP contribution in [0.25, 0.3) is 5.57 Å². The first-order valence-corrected chi connectivity index (χ1v) is 9.89. The number of amides is 2. The molecular formula is C22H22ClN3O2. The Bertz CT molecular complexity index is 948. The van der Waals surface area contributed by atoms with Gasteiger partial charge >= 0.3 is 0 Å². The molecule has 5 nitrogen and oxygen atoms in total. The lowest BCUT2D eigenvalue weighted by molar-refractivity contribution is -0.112. The summed E-state index contributed by atoms with van der Waals surface area (Å²) in [6.07, 6.45) is 1.91. The van der Waals surface area contributed by atoms with Gasteiger partial charge in [-0.15, -0.1) is 0 Å². The van der Waals surface area contributed by atoms with Crippen molar-refractivity contribution >= 4 is 34.7 Å². The van der Waals surface area contributed by atoms with Crippen molar-refractivity contribution in [3.63, 3.8) is 0 Å². The molecule has 2 amide bonds. The molecule has 4 rings (SSSR count). The topological polar surface area (TPSA) is 43.9 Å². The highest BCUT2D eigenvalue weighted by molar-refractivity contribution is 6.43. The van der Waals surface area contributed by atoms with Crippen LogP contribution in [0.15, 0.2) is 54.7 Å². The number of hydrogen-bond acceptors (Lipinski definition) is 4. The second-order valence-corrected chi connectivity index (χ2v) is 7.36. The Balaban J connectivity index is 1.76. The molecule has 2 aliphatic rings. The first-order valence-electron chi connectivity index (χ1n) is 9.51. The van der Waals surface area contributed by atoms with E-state index in [1.165, 1.54) is 4.90 Å². The molecule has 2 aliphatic heterocycles. The van der Waals surface area contributed by atoms with Gasteiger partial charge in [0, 0.05) is 43.5 Å². The van der Waals surface area contributed by atoms with E-state index in [1.54, 1.807) is 30.3 Å². The Hall–Kier alpha value is -2.63. The molecular weight excluding hydrogens is 374 g/mol. The average molecular weight is 396 g/mol. The summed E-state index contributed by atoms with van der Waals surface area (Å²) < 4.78 is 0. The number of benzene rings is 2. The van der Waals surface area contributed by atoms with Crippen molar-refractivity contribution in [1.29, 1.82) is 0 Å². The summed E-state index contributed by atoms with van der Waals surface area (Å²) in [6.45, 7) is 6.81. The Morgan fingerprint density at radius 3 is 2.21 bits per heavy atom. The molecule has 2 heterocycles. The molecule has 0 spiro atoms. The highest BCUT2D eigenvalue weighted by atomic mass is 35.5. The number of carbonyl (C=O) groups excluding carboxylic acids is 2. The fourth-order valence-corrected chi connectivity index (χ4v) is 3.94. The zero-order valence-electron chi connectivity index (χ0n) is 15.8. The van der Waals surface area contributed by atoms with Gasteiger partial charge in [-0.3, -0.25) is 9.59 Å². The SMILES string of the molecule is CCN1CCN(C=C2C(=O)N(c3ccccc3Cl)C(=O)c3ccccc32)CC1. The van der Waals surface area contributed by atoms with Crippen molar-refractivity contribution in [3.8, 4) is 0 Å². The number of likely N-dealkylation sites (N-methyl/N-ethyl adjacent to an activating group) is 1. The molecule has 6 heteroatoms. The van der Waals surface area contributed by atoms with Crippen molar-refractivity contribution in [2.45, 2.75) is 6.92 Å². The van der Waals surface area contributed by atoms with Gasteiger partial charge in [0.2, 0.25) is 0 Å². The second kappa shape index (κ2) is 7.78. The number of piperazine rings is 1. The van der Waals surface area contributed by atoms with Crippen molar-refractivity contribution in [2.75, 3.05) is 37.6 Å². The number of fused-ring (bicyclic) bond motifs is 1. The van der Waals surface area contributed by atoms with Crippen LogP contribution >= 0.6 is 11.6 Å². The van der Waals surface area contributed by atoms with Crippen LogP contribution in [0.2, 0.25) is 5.02 Å². The van der Waals surface area contributed by atoms with Crippen LogP contribution < -0.4 is 4.90 Å². The van der Waals surface area contributed by atoms with E-state index in [9.17, 15) is 9.59 Å². The average Bonchev–Trinajstić information content (AvgIpc) is 2.73. The predicted molar refractivity (Wildman–Crippen MR) is 111 cm³/mol.